The lowest BCUT2D eigenvalue weighted by Crippen LogP contribution is -2.10. The molecule has 0 aliphatic heterocycles. The molecule has 1 nitrogen and oxygen atoms in total. The van der Waals surface area contributed by atoms with Gasteiger partial charge >= 0.3 is 0 Å². The van der Waals surface area contributed by atoms with E-state index in [2.05, 4.69) is 217 Å². The zero-order valence-electron chi connectivity index (χ0n) is 29.2. The molecule has 0 saturated carbocycles. The maximum absolute atomic E-state index is 2.41. The van der Waals surface area contributed by atoms with E-state index in [1.54, 1.807) is 0 Å². The van der Waals surface area contributed by atoms with Crippen molar-refractivity contribution in [3.63, 3.8) is 0 Å². The molecule has 10 aromatic carbocycles. The lowest BCUT2D eigenvalue weighted by molar-refractivity contribution is 1.30. The van der Waals surface area contributed by atoms with Crippen LogP contribution in [-0.2, 0) is 0 Å². The van der Waals surface area contributed by atoms with Gasteiger partial charge < -0.3 is 4.90 Å². The summed E-state index contributed by atoms with van der Waals surface area (Å²) < 4.78 is 0. The topological polar surface area (TPSA) is 3.24 Å². The van der Waals surface area contributed by atoms with E-state index in [0.717, 1.165) is 17.1 Å². The molecule has 53 heavy (non-hydrogen) atoms. The van der Waals surface area contributed by atoms with Gasteiger partial charge in [-0.25, -0.2) is 0 Å². The minimum absolute atomic E-state index is 1.11. The van der Waals surface area contributed by atoms with Crippen molar-refractivity contribution in [3.8, 4) is 33.4 Å². The molecule has 10 rings (SSSR count). The Labute approximate surface area is 309 Å². The van der Waals surface area contributed by atoms with Gasteiger partial charge in [0, 0.05) is 16.8 Å². The van der Waals surface area contributed by atoms with Crippen LogP contribution in [-0.4, -0.2) is 0 Å². The third kappa shape index (κ3) is 5.60. The molecule has 0 radical (unpaired) electrons. The SMILES string of the molecule is c1cc(-c2ccc(N(c3cccc(-c4ccc5ccccc5c4)c3)c3cccc4c3ccc3ccccc34)cc2)cc(-c2cccc3ccccc23)c1. The third-order valence-electron chi connectivity index (χ3n) is 10.6. The third-order valence-corrected chi connectivity index (χ3v) is 10.6. The summed E-state index contributed by atoms with van der Waals surface area (Å²) in [7, 11) is 0. The zero-order valence-corrected chi connectivity index (χ0v) is 29.2. The number of hydrogen-bond acceptors (Lipinski definition) is 1. The van der Waals surface area contributed by atoms with Crippen molar-refractivity contribution in [2.24, 2.45) is 0 Å². The summed E-state index contributed by atoms with van der Waals surface area (Å²) in [6, 6.07) is 77.3. The molecular weight excluding hydrogens is 639 g/mol. The fourth-order valence-corrected chi connectivity index (χ4v) is 7.99. The van der Waals surface area contributed by atoms with Crippen molar-refractivity contribution in [1.82, 2.24) is 0 Å². The van der Waals surface area contributed by atoms with Crippen LogP contribution in [0.2, 0.25) is 0 Å². The second-order valence-electron chi connectivity index (χ2n) is 13.8. The van der Waals surface area contributed by atoms with Gasteiger partial charge in [-0.15, -0.1) is 0 Å². The fraction of sp³-hybridized carbons (Fsp3) is 0. The van der Waals surface area contributed by atoms with Crippen molar-refractivity contribution in [2.45, 2.75) is 0 Å². The maximum Gasteiger partial charge on any atom is 0.0540 e. The van der Waals surface area contributed by atoms with E-state index in [1.807, 2.05) is 0 Å². The van der Waals surface area contributed by atoms with E-state index < -0.39 is 0 Å². The number of hydrogen-bond donors (Lipinski definition) is 0. The van der Waals surface area contributed by atoms with Gasteiger partial charge in [-0.05, 0) is 114 Å². The summed E-state index contributed by atoms with van der Waals surface area (Å²) in [5.41, 5.74) is 10.6. The van der Waals surface area contributed by atoms with Gasteiger partial charge in [0.1, 0.15) is 0 Å². The van der Waals surface area contributed by atoms with E-state index in [9.17, 15) is 0 Å². The summed E-state index contributed by atoms with van der Waals surface area (Å²) in [6.45, 7) is 0. The van der Waals surface area contributed by atoms with Gasteiger partial charge in [0.2, 0.25) is 0 Å². The Balaban J connectivity index is 1.10. The summed E-state index contributed by atoms with van der Waals surface area (Å²) in [6.07, 6.45) is 0. The smallest absolute Gasteiger partial charge is 0.0540 e. The minimum atomic E-state index is 1.11. The largest absolute Gasteiger partial charge is 0.310 e. The highest BCUT2D eigenvalue weighted by atomic mass is 15.1. The van der Waals surface area contributed by atoms with E-state index in [-0.39, 0.29) is 0 Å². The minimum Gasteiger partial charge on any atom is -0.310 e. The standard InChI is InChI=1S/C52H35N/c1-2-14-40-33-43(26-25-36(40)11-1)42-17-8-19-46(35-42)53(52-24-10-23-50-48-21-6-4-13-39(48)29-32-51(50)52)45-30-27-37(28-31-45)41-16-7-18-44(34-41)49-22-9-15-38-12-3-5-20-47(38)49/h1-35H. The van der Waals surface area contributed by atoms with Crippen molar-refractivity contribution < 1.29 is 0 Å². The lowest BCUT2D eigenvalue weighted by Gasteiger charge is -2.28. The molecule has 0 aliphatic carbocycles. The van der Waals surface area contributed by atoms with Crippen LogP contribution in [0.25, 0.3) is 76.5 Å². The Morgan fingerprint density at radius 2 is 0.811 bits per heavy atom. The van der Waals surface area contributed by atoms with Crippen molar-refractivity contribution in [3.05, 3.63) is 212 Å². The van der Waals surface area contributed by atoms with Crippen LogP contribution in [0.15, 0.2) is 212 Å². The number of benzene rings is 10. The van der Waals surface area contributed by atoms with Gasteiger partial charge in [-0.2, -0.15) is 0 Å². The van der Waals surface area contributed by atoms with Crippen molar-refractivity contribution in [1.29, 1.82) is 0 Å². The quantitative estimate of drug-likeness (QED) is 0.159. The van der Waals surface area contributed by atoms with Crippen LogP contribution in [0.5, 0.6) is 0 Å². The Kier molecular flexibility index (Phi) is 7.55. The first-order valence-corrected chi connectivity index (χ1v) is 18.3. The average molecular weight is 674 g/mol. The highest BCUT2D eigenvalue weighted by Gasteiger charge is 2.17. The van der Waals surface area contributed by atoms with Crippen LogP contribution in [0, 0.1) is 0 Å². The monoisotopic (exact) mass is 673 g/mol. The van der Waals surface area contributed by atoms with E-state index in [0.29, 0.717) is 0 Å². The van der Waals surface area contributed by atoms with Crippen LogP contribution in [0.1, 0.15) is 0 Å². The van der Waals surface area contributed by atoms with Gasteiger partial charge in [0.05, 0.1) is 5.69 Å². The Morgan fingerprint density at radius 3 is 1.66 bits per heavy atom. The van der Waals surface area contributed by atoms with E-state index in [1.165, 1.54) is 76.5 Å². The number of rotatable bonds is 6. The molecule has 0 aliphatic rings. The van der Waals surface area contributed by atoms with Gasteiger partial charge in [0.15, 0.2) is 0 Å². The van der Waals surface area contributed by atoms with Crippen LogP contribution in [0.3, 0.4) is 0 Å². The molecule has 0 aromatic heterocycles. The molecule has 0 fully saturated rings. The summed E-state index contributed by atoms with van der Waals surface area (Å²) in [5.74, 6) is 0. The molecular formula is C52H35N. The first-order chi connectivity index (χ1) is 26.3. The van der Waals surface area contributed by atoms with Crippen molar-refractivity contribution in [2.75, 3.05) is 4.90 Å². The summed E-state index contributed by atoms with van der Waals surface area (Å²) in [4.78, 5) is 2.41. The molecule has 0 unspecified atom stereocenters. The number of anilines is 3. The van der Waals surface area contributed by atoms with Crippen LogP contribution < -0.4 is 4.90 Å². The van der Waals surface area contributed by atoms with Gasteiger partial charge in [0.25, 0.3) is 0 Å². The normalized spacial score (nSPS) is 11.4. The Hall–Kier alpha value is -6.96. The maximum atomic E-state index is 2.41. The van der Waals surface area contributed by atoms with E-state index >= 15 is 0 Å². The predicted molar refractivity (Wildman–Crippen MR) is 227 cm³/mol. The number of nitrogens with zero attached hydrogens (tertiary/aromatic N) is 1. The average Bonchev–Trinajstić information content (AvgIpc) is 3.24. The molecule has 0 heterocycles. The highest BCUT2D eigenvalue weighted by Crippen LogP contribution is 2.42. The van der Waals surface area contributed by atoms with Gasteiger partial charge in [-0.1, -0.05) is 170 Å². The number of fused-ring (bicyclic) bond motifs is 5. The molecule has 0 spiro atoms. The first-order valence-electron chi connectivity index (χ1n) is 18.3. The molecule has 0 amide bonds. The van der Waals surface area contributed by atoms with Crippen molar-refractivity contribution >= 4 is 60.2 Å². The summed E-state index contributed by atoms with van der Waals surface area (Å²) in [5, 5.41) is 9.99. The molecule has 1 heteroatoms. The van der Waals surface area contributed by atoms with E-state index in [4.69, 9.17) is 0 Å². The van der Waals surface area contributed by atoms with Gasteiger partial charge in [-0.3, -0.25) is 0 Å². The zero-order chi connectivity index (χ0) is 35.1. The molecule has 0 saturated heterocycles. The first kappa shape index (κ1) is 30.8. The molecule has 10 aromatic rings. The Bertz CT molecular complexity index is 2950. The predicted octanol–water partition coefficient (Wildman–Crippen LogP) is 14.8. The second-order valence-corrected chi connectivity index (χ2v) is 13.8. The second kappa shape index (κ2) is 13.0. The molecule has 0 atom stereocenters. The van der Waals surface area contributed by atoms with Crippen LogP contribution in [0.4, 0.5) is 17.1 Å². The lowest BCUT2D eigenvalue weighted by atomic mass is 9.95. The fourth-order valence-electron chi connectivity index (χ4n) is 7.99. The van der Waals surface area contributed by atoms with Crippen LogP contribution >= 0.6 is 0 Å². The Morgan fingerprint density at radius 1 is 0.245 bits per heavy atom. The molecule has 0 bridgehead atoms. The molecule has 248 valence electrons. The molecule has 0 N–H and O–H groups in total. The summed E-state index contributed by atoms with van der Waals surface area (Å²) >= 11 is 0. The highest BCUT2D eigenvalue weighted by molar-refractivity contribution is 6.12.